The highest BCUT2D eigenvalue weighted by atomic mass is 19.1. The van der Waals surface area contributed by atoms with Crippen LogP contribution < -0.4 is 5.32 Å². The Labute approximate surface area is 118 Å². The number of carbonyl (C=O) groups is 1. The monoisotopic (exact) mass is 282 g/mol. The van der Waals surface area contributed by atoms with Crippen molar-refractivity contribution < 1.29 is 13.6 Å². The van der Waals surface area contributed by atoms with Crippen molar-refractivity contribution >= 4 is 5.91 Å². The molecule has 1 unspecified atom stereocenters. The van der Waals surface area contributed by atoms with Crippen molar-refractivity contribution in [2.45, 2.75) is 38.8 Å². The SMILES string of the molecule is CCNCCC1CCC(=O)N1Cc1c(F)cccc1F. The molecule has 0 spiro atoms. The molecule has 5 heteroatoms. The minimum atomic E-state index is -0.588. The zero-order valence-corrected chi connectivity index (χ0v) is 11.7. The van der Waals surface area contributed by atoms with Crippen molar-refractivity contribution in [3.8, 4) is 0 Å². The molecule has 1 atom stereocenters. The van der Waals surface area contributed by atoms with E-state index in [1.54, 1.807) is 4.90 Å². The molecule has 0 radical (unpaired) electrons. The number of nitrogens with zero attached hydrogens (tertiary/aromatic N) is 1. The number of likely N-dealkylation sites (tertiary alicyclic amines) is 1. The third kappa shape index (κ3) is 3.33. The van der Waals surface area contributed by atoms with Crippen molar-refractivity contribution in [3.05, 3.63) is 35.4 Å². The van der Waals surface area contributed by atoms with Crippen LogP contribution in [-0.4, -0.2) is 29.9 Å². The smallest absolute Gasteiger partial charge is 0.223 e. The lowest BCUT2D eigenvalue weighted by molar-refractivity contribution is -0.129. The second-order valence-corrected chi connectivity index (χ2v) is 5.06. The molecule has 1 N–H and O–H groups in total. The predicted octanol–water partition coefficient (Wildman–Crippen LogP) is 2.46. The topological polar surface area (TPSA) is 32.3 Å². The molecule has 0 bridgehead atoms. The predicted molar refractivity (Wildman–Crippen MR) is 73.1 cm³/mol. The van der Waals surface area contributed by atoms with Crippen LogP contribution in [0.4, 0.5) is 8.78 Å². The fourth-order valence-corrected chi connectivity index (χ4v) is 2.61. The molecule has 2 rings (SSSR count). The molecule has 1 fully saturated rings. The minimum absolute atomic E-state index is 0.0174. The molecule has 1 aromatic rings. The molecule has 110 valence electrons. The summed E-state index contributed by atoms with van der Waals surface area (Å²) in [6, 6.07) is 3.86. The number of carbonyl (C=O) groups excluding carboxylic acids is 1. The van der Waals surface area contributed by atoms with Crippen molar-refractivity contribution in [2.75, 3.05) is 13.1 Å². The molecule has 1 amide bonds. The van der Waals surface area contributed by atoms with Gasteiger partial charge in [-0.25, -0.2) is 8.78 Å². The summed E-state index contributed by atoms with van der Waals surface area (Å²) >= 11 is 0. The second kappa shape index (κ2) is 6.79. The van der Waals surface area contributed by atoms with Crippen LogP contribution in [0.5, 0.6) is 0 Å². The van der Waals surface area contributed by atoms with E-state index in [0.29, 0.717) is 6.42 Å². The van der Waals surface area contributed by atoms with E-state index in [4.69, 9.17) is 0 Å². The lowest BCUT2D eigenvalue weighted by Crippen LogP contribution is -2.35. The first-order valence-electron chi connectivity index (χ1n) is 7.06. The lowest BCUT2D eigenvalue weighted by atomic mass is 10.1. The zero-order chi connectivity index (χ0) is 14.5. The Hall–Kier alpha value is -1.49. The number of rotatable bonds is 6. The van der Waals surface area contributed by atoms with Gasteiger partial charge in [-0.1, -0.05) is 13.0 Å². The van der Waals surface area contributed by atoms with Gasteiger partial charge in [-0.3, -0.25) is 4.79 Å². The lowest BCUT2D eigenvalue weighted by Gasteiger charge is -2.25. The van der Waals surface area contributed by atoms with E-state index in [-0.39, 0.29) is 24.1 Å². The van der Waals surface area contributed by atoms with Gasteiger partial charge in [-0.2, -0.15) is 0 Å². The first-order chi connectivity index (χ1) is 9.63. The van der Waals surface area contributed by atoms with Gasteiger partial charge in [0.15, 0.2) is 0 Å². The summed E-state index contributed by atoms with van der Waals surface area (Å²) in [7, 11) is 0. The number of hydrogen-bond donors (Lipinski definition) is 1. The Morgan fingerprint density at radius 2 is 2.05 bits per heavy atom. The summed E-state index contributed by atoms with van der Waals surface area (Å²) in [6.45, 7) is 3.73. The molecule has 0 aliphatic carbocycles. The van der Waals surface area contributed by atoms with Crippen LogP contribution in [0, 0.1) is 11.6 Å². The summed E-state index contributed by atoms with van der Waals surface area (Å²) in [5.41, 5.74) is -0.0174. The highest BCUT2D eigenvalue weighted by Gasteiger charge is 2.31. The van der Waals surface area contributed by atoms with Gasteiger partial charge in [0, 0.05) is 18.0 Å². The summed E-state index contributed by atoms with van der Waals surface area (Å²) in [4.78, 5) is 13.5. The molecular formula is C15H20F2N2O. The van der Waals surface area contributed by atoms with Gasteiger partial charge in [0.1, 0.15) is 11.6 Å². The molecule has 0 saturated carbocycles. The van der Waals surface area contributed by atoms with Gasteiger partial charge in [-0.15, -0.1) is 0 Å². The summed E-state index contributed by atoms with van der Waals surface area (Å²) < 4.78 is 27.3. The van der Waals surface area contributed by atoms with E-state index in [2.05, 4.69) is 5.32 Å². The van der Waals surface area contributed by atoms with Crippen molar-refractivity contribution in [3.63, 3.8) is 0 Å². The average Bonchev–Trinajstić information content (AvgIpc) is 2.76. The van der Waals surface area contributed by atoms with E-state index in [1.165, 1.54) is 18.2 Å². The molecule has 1 heterocycles. The molecule has 1 aromatic carbocycles. The van der Waals surface area contributed by atoms with E-state index < -0.39 is 11.6 Å². The Morgan fingerprint density at radius 1 is 1.35 bits per heavy atom. The average molecular weight is 282 g/mol. The van der Waals surface area contributed by atoms with Crippen LogP contribution in [0.15, 0.2) is 18.2 Å². The molecule has 1 aliphatic rings. The van der Waals surface area contributed by atoms with Crippen LogP contribution >= 0.6 is 0 Å². The van der Waals surface area contributed by atoms with Gasteiger partial charge in [-0.05, 0) is 38.1 Å². The largest absolute Gasteiger partial charge is 0.335 e. The Kier molecular flexibility index (Phi) is 5.06. The number of hydrogen-bond acceptors (Lipinski definition) is 2. The number of benzene rings is 1. The summed E-state index contributed by atoms with van der Waals surface area (Å²) in [5.74, 6) is -1.19. The summed E-state index contributed by atoms with van der Waals surface area (Å²) in [6.07, 6.45) is 2.04. The number of halogens is 2. The Balaban J connectivity index is 2.07. The van der Waals surface area contributed by atoms with E-state index in [1.807, 2.05) is 6.92 Å². The Bertz CT molecular complexity index is 459. The first-order valence-corrected chi connectivity index (χ1v) is 7.06. The van der Waals surface area contributed by atoms with Gasteiger partial charge in [0.25, 0.3) is 0 Å². The summed E-state index contributed by atoms with van der Waals surface area (Å²) in [5, 5.41) is 3.21. The van der Waals surface area contributed by atoms with Gasteiger partial charge >= 0.3 is 0 Å². The molecule has 3 nitrogen and oxygen atoms in total. The maximum atomic E-state index is 13.7. The van der Waals surface area contributed by atoms with Crippen molar-refractivity contribution in [1.82, 2.24) is 10.2 Å². The highest BCUT2D eigenvalue weighted by Crippen LogP contribution is 2.25. The van der Waals surface area contributed by atoms with Crippen molar-refractivity contribution in [2.24, 2.45) is 0 Å². The maximum absolute atomic E-state index is 13.7. The number of nitrogens with one attached hydrogen (secondary N) is 1. The third-order valence-corrected chi connectivity index (χ3v) is 3.75. The van der Waals surface area contributed by atoms with Crippen LogP contribution in [0.3, 0.4) is 0 Å². The van der Waals surface area contributed by atoms with Crippen molar-refractivity contribution in [1.29, 1.82) is 0 Å². The van der Waals surface area contributed by atoms with Gasteiger partial charge in [0.05, 0.1) is 6.54 Å². The number of amides is 1. The van der Waals surface area contributed by atoms with Crippen LogP contribution in [-0.2, 0) is 11.3 Å². The molecular weight excluding hydrogens is 262 g/mol. The molecule has 0 aromatic heterocycles. The van der Waals surface area contributed by atoms with Crippen LogP contribution in [0.2, 0.25) is 0 Å². The fraction of sp³-hybridized carbons (Fsp3) is 0.533. The maximum Gasteiger partial charge on any atom is 0.223 e. The fourth-order valence-electron chi connectivity index (χ4n) is 2.61. The van der Waals surface area contributed by atoms with E-state index >= 15 is 0 Å². The van der Waals surface area contributed by atoms with E-state index in [0.717, 1.165) is 25.9 Å². The first kappa shape index (κ1) is 14.9. The van der Waals surface area contributed by atoms with Crippen LogP contribution in [0.1, 0.15) is 31.7 Å². The highest BCUT2D eigenvalue weighted by molar-refractivity contribution is 5.78. The minimum Gasteiger partial charge on any atom is -0.335 e. The van der Waals surface area contributed by atoms with Crippen LogP contribution in [0.25, 0.3) is 0 Å². The normalized spacial score (nSPS) is 18.9. The van der Waals surface area contributed by atoms with Gasteiger partial charge < -0.3 is 10.2 Å². The quantitative estimate of drug-likeness (QED) is 0.813. The zero-order valence-electron chi connectivity index (χ0n) is 11.7. The standard InChI is InChI=1S/C15H20F2N2O/c1-2-18-9-8-11-6-7-15(20)19(11)10-12-13(16)4-3-5-14(12)17/h3-5,11,18H,2,6-10H2,1H3. The molecule has 1 saturated heterocycles. The second-order valence-electron chi connectivity index (χ2n) is 5.06. The van der Waals surface area contributed by atoms with Gasteiger partial charge in [0.2, 0.25) is 5.91 Å². The molecule has 20 heavy (non-hydrogen) atoms. The third-order valence-electron chi connectivity index (χ3n) is 3.75. The Morgan fingerprint density at radius 3 is 2.70 bits per heavy atom. The van der Waals surface area contributed by atoms with E-state index in [9.17, 15) is 13.6 Å². The molecule has 1 aliphatic heterocycles.